The van der Waals surface area contributed by atoms with E-state index in [0.717, 1.165) is 22.6 Å². The van der Waals surface area contributed by atoms with Crippen molar-refractivity contribution in [2.24, 2.45) is 5.73 Å². The first kappa shape index (κ1) is 10.7. The molecule has 0 aliphatic carbocycles. The SMILES string of the molecule is Cc1ccc(-c2nc(N)oc2C)cc1CN. The molecular weight excluding hydrogens is 202 g/mol. The molecule has 0 aliphatic rings. The Kier molecular flexibility index (Phi) is 2.66. The van der Waals surface area contributed by atoms with Crippen molar-refractivity contribution >= 4 is 6.01 Å². The highest BCUT2D eigenvalue weighted by atomic mass is 16.4. The molecule has 0 amide bonds. The molecule has 0 bridgehead atoms. The molecular formula is C12H15N3O. The third-order valence-corrected chi connectivity index (χ3v) is 2.66. The Labute approximate surface area is 94.3 Å². The lowest BCUT2D eigenvalue weighted by Crippen LogP contribution is -1.99. The van der Waals surface area contributed by atoms with E-state index in [4.69, 9.17) is 15.9 Å². The molecule has 0 radical (unpaired) electrons. The fourth-order valence-corrected chi connectivity index (χ4v) is 1.72. The Bertz CT molecular complexity index is 517. The molecule has 4 nitrogen and oxygen atoms in total. The molecule has 1 aromatic carbocycles. The summed E-state index contributed by atoms with van der Waals surface area (Å²) in [4.78, 5) is 4.16. The minimum atomic E-state index is 0.197. The van der Waals surface area contributed by atoms with E-state index < -0.39 is 0 Å². The maximum atomic E-state index is 5.67. The van der Waals surface area contributed by atoms with Crippen molar-refractivity contribution in [3.05, 3.63) is 35.1 Å². The number of anilines is 1. The summed E-state index contributed by atoms with van der Waals surface area (Å²) in [6, 6.07) is 6.25. The molecule has 2 aromatic rings. The van der Waals surface area contributed by atoms with Crippen LogP contribution in [0.25, 0.3) is 11.3 Å². The summed E-state index contributed by atoms with van der Waals surface area (Å²) in [5.74, 6) is 0.726. The number of nitrogen functional groups attached to an aromatic ring is 1. The Morgan fingerprint density at radius 1 is 1.31 bits per heavy atom. The summed E-state index contributed by atoms with van der Waals surface area (Å²) in [6.45, 7) is 4.41. The number of benzene rings is 1. The fraction of sp³-hybridized carbons (Fsp3) is 0.250. The van der Waals surface area contributed by atoms with E-state index >= 15 is 0 Å². The Hall–Kier alpha value is -1.81. The van der Waals surface area contributed by atoms with Crippen LogP contribution in [0.5, 0.6) is 0 Å². The number of rotatable bonds is 2. The Morgan fingerprint density at radius 2 is 2.06 bits per heavy atom. The third-order valence-electron chi connectivity index (χ3n) is 2.66. The number of nitrogens with zero attached hydrogens (tertiary/aromatic N) is 1. The van der Waals surface area contributed by atoms with Gasteiger partial charge in [-0.15, -0.1) is 0 Å². The molecule has 0 aliphatic heterocycles. The van der Waals surface area contributed by atoms with Gasteiger partial charge in [-0.2, -0.15) is 4.98 Å². The summed E-state index contributed by atoms with van der Waals surface area (Å²) in [5, 5.41) is 0. The number of oxazole rings is 1. The second-order valence-electron chi connectivity index (χ2n) is 3.80. The average Bonchev–Trinajstić information content (AvgIpc) is 2.59. The van der Waals surface area contributed by atoms with Gasteiger partial charge in [0.2, 0.25) is 0 Å². The molecule has 1 heterocycles. The first-order valence-electron chi connectivity index (χ1n) is 5.14. The predicted octanol–water partition coefficient (Wildman–Crippen LogP) is 2.00. The smallest absolute Gasteiger partial charge is 0.292 e. The van der Waals surface area contributed by atoms with Gasteiger partial charge in [-0.3, -0.25) is 0 Å². The number of nitrogens with two attached hydrogens (primary N) is 2. The monoisotopic (exact) mass is 217 g/mol. The van der Waals surface area contributed by atoms with Gasteiger partial charge >= 0.3 is 0 Å². The van der Waals surface area contributed by atoms with Crippen LogP contribution < -0.4 is 11.5 Å². The van der Waals surface area contributed by atoms with Crippen molar-refractivity contribution in [2.45, 2.75) is 20.4 Å². The maximum Gasteiger partial charge on any atom is 0.292 e. The van der Waals surface area contributed by atoms with Crippen LogP contribution in [0.3, 0.4) is 0 Å². The van der Waals surface area contributed by atoms with Crippen LogP contribution in [0.15, 0.2) is 22.6 Å². The number of hydrogen-bond acceptors (Lipinski definition) is 4. The van der Waals surface area contributed by atoms with E-state index in [1.54, 1.807) is 0 Å². The maximum absolute atomic E-state index is 5.67. The van der Waals surface area contributed by atoms with Gasteiger partial charge in [-0.05, 0) is 31.0 Å². The number of hydrogen-bond donors (Lipinski definition) is 2. The van der Waals surface area contributed by atoms with Crippen LogP contribution >= 0.6 is 0 Å². The topological polar surface area (TPSA) is 78.1 Å². The van der Waals surface area contributed by atoms with Gasteiger partial charge in [-0.25, -0.2) is 0 Å². The van der Waals surface area contributed by atoms with Gasteiger partial charge in [0.25, 0.3) is 6.01 Å². The minimum absolute atomic E-state index is 0.197. The standard InChI is InChI=1S/C12H15N3O/c1-7-3-4-9(5-10(7)6-13)11-8(2)16-12(14)15-11/h3-5H,6,13H2,1-2H3,(H2,14,15). The summed E-state index contributed by atoms with van der Waals surface area (Å²) >= 11 is 0. The summed E-state index contributed by atoms with van der Waals surface area (Å²) in [7, 11) is 0. The van der Waals surface area contributed by atoms with Gasteiger partial charge in [0.15, 0.2) is 0 Å². The van der Waals surface area contributed by atoms with E-state index in [0.29, 0.717) is 6.54 Å². The van der Waals surface area contributed by atoms with Crippen LogP contribution in [-0.2, 0) is 6.54 Å². The molecule has 0 atom stereocenters. The number of aryl methyl sites for hydroxylation is 2. The van der Waals surface area contributed by atoms with Crippen LogP contribution in [-0.4, -0.2) is 4.98 Å². The molecule has 0 fully saturated rings. The lowest BCUT2D eigenvalue weighted by atomic mass is 10.0. The second kappa shape index (κ2) is 3.98. The van der Waals surface area contributed by atoms with Crippen molar-refractivity contribution < 1.29 is 4.42 Å². The third kappa shape index (κ3) is 1.79. The molecule has 2 rings (SSSR count). The van der Waals surface area contributed by atoms with Gasteiger partial charge in [0.1, 0.15) is 11.5 Å². The molecule has 84 valence electrons. The van der Waals surface area contributed by atoms with E-state index in [-0.39, 0.29) is 6.01 Å². The lowest BCUT2D eigenvalue weighted by molar-refractivity contribution is 0.549. The Morgan fingerprint density at radius 3 is 2.62 bits per heavy atom. The normalized spacial score (nSPS) is 10.7. The van der Waals surface area contributed by atoms with E-state index in [1.807, 2.05) is 32.0 Å². The van der Waals surface area contributed by atoms with Crippen molar-refractivity contribution in [2.75, 3.05) is 5.73 Å². The van der Waals surface area contributed by atoms with Crippen molar-refractivity contribution in [1.82, 2.24) is 4.98 Å². The molecule has 4 N–H and O–H groups in total. The fourth-order valence-electron chi connectivity index (χ4n) is 1.72. The zero-order valence-electron chi connectivity index (χ0n) is 9.45. The molecule has 1 aromatic heterocycles. The lowest BCUT2D eigenvalue weighted by Gasteiger charge is -2.05. The van der Waals surface area contributed by atoms with Crippen molar-refractivity contribution in [1.29, 1.82) is 0 Å². The summed E-state index contributed by atoms with van der Waals surface area (Å²) in [6.07, 6.45) is 0. The summed E-state index contributed by atoms with van der Waals surface area (Å²) in [5.41, 5.74) is 15.3. The average molecular weight is 217 g/mol. The zero-order valence-corrected chi connectivity index (χ0v) is 9.45. The van der Waals surface area contributed by atoms with Gasteiger partial charge in [0, 0.05) is 12.1 Å². The van der Waals surface area contributed by atoms with Crippen LogP contribution in [0.4, 0.5) is 6.01 Å². The molecule has 0 saturated heterocycles. The van der Waals surface area contributed by atoms with Gasteiger partial charge in [-0.1, -0.05) is 12.1 Å². The first-order valence-corrected chi connectivity index (χ1v) is 5.14. The first-order chi connectivity index (χ1) is 7.61. The molecule has 16 heavy (non-hydrogen) atoms. The largest absolute Gasteiger partial charge is 0.429 e. The predicted molar refractivity (Wildman–Crippen MR) is 63.7 cm³/mol. The molecule has 4 heteroatoms. The van der Waals surface area contributed by atoms with Crippen molar-refractivity contribution in [3.8, 4) is 11.3 Å². The van der Waals surface area contributed by atoms with Crippen LogP contribution in [0.1, 0.15) is 16.9 Å². The minimum Gasteiger partial charge on any atom is -0.429 e. The molecule has 0 spiro atoms. The van der Waals surface area contributed by atoms with E-state index in [2.05, 4.69) is 4.98 Å². The van der Waals surface area contributed by atoms with Gasteiger partial charge in [0.05, 0.1) is 0 Å². The molecule has 0 unspecified atom stereocenters. The number of aromatic nitrogens is 1. The zero-order chi connectivity index (χ0) is 11.7. The highest BCUT2D eigenvalue weighted by Gasteiger charge is 2.10. The van der Waals surface area contributed by atoms with Crippen LogP contribution in [0.2, 0.25) is 0 Å². The summed E-state index contributed by atoms with van der Waals surface area (Å²) < 4.78 is 5.21. The molecule has 0 saturated carbocycles. The Balaban J connectivity index is 2.52. The van der Waals surface area contributed by atoms with E-state index in [1.165, 1.54) is 5.56 Å². The second-order valence-corrected chi connectivity index (χ2v) is 3.80. The van der Waals surface area contributed by atoms with Crippen LogP contribution in [0, 0.1) is 13.8 Å². The van der Waals surface area contributed by atoms with Crippen molar-refractivity contribution in [3.63, 3.8) is 0 Å². The quantitative estimate of drug-likeness (QED) is 0.806. The van der Waals surface area contributed by atoms with E-state index in [9.17, 15) is 0 Å². The highest BCUT2D eigenvalue weighted by molar-refractivity contribution is 5.63. The van der Waals surface area contributed by atoms with Gasteiger partial charge < -0.3 is 15.9 Å². The highest BCUT2D eigenvalue weighted by Crippen LogP contribution is 2.26.